The van der Waals surface area contributed by atoms with E-state index in [0.29, 0.717) is 11.8 Å². The lowest BCUT2D eigenvalue weighted by Crippen LogP contribution is -2.43. The predicted molar refractivity (Wildman–Crippen MR) is 51.8 cm³/mol. The fourth-order valence-electron chi connectivity index (χ4n) is 3.64. The van der Waals surface area contributed by atoms with Gasteiger partial charge in [-0.3, -0.25) is 4.79 Å². The van der Waals surface area contributed by atoms with Gasteiger partial charge < -0.3 is 5.73 Å². The average molecular weight is 181 g/mol. The summed E-state index contributed by atoms with van der Waals surface area (Å²) in [6, 6.07) is 0. The summed E-state index contributed by atoms with van der Waals surface area (Å²) in [7, 11) is 0. The standard InChI is InChI=1S/C11H19NO/c1-6-7(2)9-4-8(6)5-11(9,3)10(12)13/h6-9H,4-5H2,1-3H3,(H2,12,13). The molecule has 0 aromatic rings. The number of primary amides is 1. The fourth-order valence-corrected chi connectivity index (χ4v) is 3.64. The number of hydrogen-bond acceptors (Lipinski definition) is 1. The van der Waals surface area contributed by atoms with Gasteiger partial charge in [-0.1, -0.05) is 20.8 Å². The molecule has 2 aliphatic rings. The largest absolute Gasteiger partial charge is 0.369 e. The van der Waals surface area contributed by atoms with Gasteiger partial charge in [0.2, 0.25) is 5.91 Å². The number of amides is 1. The third-order valence-corrected chi connectivity index (χ3v) is 4.83. The van der Waals surface area contributed by atoms with Gasteiger partial charge in [-0.2, -0.15) is 0 Å². The molecule has 2 saturated carbocycles. The van der Waals surface area contributed by atoms with Gasteiger partial charge in [0.15, 0.2) is 0 Å². The van der Waals surface area contributed by atoms with E-state index in [9.17, 15) is 4.79 Å². The van der Waals surface area contributed by atoms with Crippen LogP contribution in [0.15, 0.2) is 0 Å². The van der Waals surface area contributed by atoms with Crippen LogP contribution in [0.1, 0.15) is 33.6 Å². The molecule has 2 N–H and O–H groups in total. The number of carbonyl (C=O) groups excluding carboxylic acids is 1. The van der Waals surface area contributed by atoms with Crippen molar-refractivity contribution in [2.75, 3.05) is 0 Å². The number of hydrogen-bond donors (Lipinski definition) is 1. The minimum Gasteiger partial charge on any atom is -0.369 e. The first-order chi connectivity index (χ1) is 5.97. The van der Waals surface area contributed by atoms with Crippen molar-refractivity contribution in [2.24, 2.45) is 34.8 Å². The number of rotatable bonds is 1. The van der Waals surface area contributed by atoms with Gasteiger partial charge in [0, 0.05) is 5.41 Å². The lowest BCUT2D eigenvalue weighted by Gasteiger charge is -2.37. The fraction of sp³-hybridized carbons (Fsp3) is 0.909. The summed E-state index contributed by atoms with van der Waals surface area (Å²) in [5.74, 6) is 2.68. The highest BCUT2D eigenvalue weighted by Crippen LogP contribution is 2.60. The van der Waals surface area contributed by atoms with E-state index < -0.39 is 0 Å². The molecule has 0 aliphatic heterocycles. The topological polar surface area (TPSA) is 43.1 Å². The molecule has 2 bridgehead atoms. The normalized spacial score (nSPS) is 54.1. The van der Waals surface area contributed by atoms with E-state index in [1.165, 1.54) is 6.42 Å². The number of carbonyl (C=O) groups is 1. The maximum Gasteiger partial charge on any atom is 0.223 e. The Morgan fingerprint density at radius 2 is 2.00 bits per heavy atom. The van der Waals surface area contributed by atoms with Gasteiger partial charge in [0.05, 0.1) is 0 Å². The molecular weight excluding hydrogens is 162 g/mol. The molecule has 0 spiro atoms. The molecule has 74 valence electrons. The lowest BCUT2D eigenvalue weighted by atomic mass is 9.66. The van der Waals surface area contributed by atoms with Gasteiger partial charge >= 0.3 is 0 Å². The van der Waals surface area contributed by atoms with Crippen LogP contribution in [0.2, 0.25) is 0 Å². The summed E-state index contributed by atoms with van der Waals surface area (Å²) in [6.07, 6.45) is 2.25. The van der Waals surface area contributed by atoms with E-state index in [4.69, 9.17) is 5.73 Å². The first kappa shape index (κ1) is 9.04. The average Bonchev–Trinajstić information content (AvgIpc) is 2.52. The molecule has 5 atom stereocenters. The van der Waals surface area contributed by atoms with Crippen molar-refractivity contribution in [1.29, 1.82) is 0 Å². The van der Waals surface area contributed by atoms with Crippen molar-refractivity contribution in [3.05, 3.63) is 0 Å². The number of nitrogens with two attached hydrogens (primary N) is 1. The molecule has 0 aromatic heterocycles. The Bertz CT molecular complexity index is 248. The van der Waals surface area contributed by atoms with E-state index >= 15 is 0 Å². The molecule has 0 radical (unpaired) electrons. The van der Waals surface area contributed by atoms with Crippen molar-refractivity contribution in [2.45, 2.75) is 33.6 Å². The van der Waals surface area contributed by atoms with Crippen LogP contribution in [0.3, 0.4) is 0 Å². The van der Waals surface area contributed by atoms with Gasteiger partial charge in [0.25, 0.3) is 0 Å². The predicted octanol–water partition coefficient (Wildman–Crippen LogP) is 1.79. The Hall–Kier alpha value is -0.530. The van der Waals surface area contributed by atoms with Gasteiger partial charge in [-0.15, -0.1) is 0 Å². The van der Waals surface area contributed by atoms with Crippen LogP contribution in [0.4, 0.5) is 0 Å². The molecule has 1 amide bonds. The highest BCUT2D eigenvalue weighted by molar-refractivity contribution is 5.81. The second-order valence-electron chi connectivity index (χ2n) is 5.31. The van der Waals surface area contributed by atoms with Gasteiger partial charge in [-0.05, 0) is 36.5 Å². The summed E-state index contributed by atoms with van der Waals surface area (Å²) < 4.78 is 0. The lowest BCUT2D eigenvalue weighted by molar-refractivity contribution is -0.131. The maximum absolute atomic E-state index is 11.4. The summed E-state index contributed by atoms with van der Waals surface area (Å²) in [4.78, 5) is 11.4. The van der Waals surface area contributed by atoms with Crippen molar-refractivity contribution >= 4 is 5.91 Å². The summed E-state index contributed by atoms with van der Waals surface area (Å²) in [6.45, 7) is 6.65. The molecule has 2 fully saturated rings. The summed E-state index contributed by atoms with van der Waals surface area (Å²) in [5.41, 5.74) is 5.29. The van der Waals surface area contributed by atoms with Crippen LogP contribution >= 0.6 is 0 Å². The molecule has 0 heterocycles. The van der Waals surface area contributed by atoms with Crippen LogP contribution in [0.25, 0.3) is 0 Å². The van der Waals surface area contributed by atoms with E-state index in [-0.39, 0.29) is 11.3 Å². The van der Waals surface area contributed by atoms with E-state index in [1.807, 2.05) is 0 Å². The minimum atomic E-state index is -0.198. The second-order valence-corrected chi connectivity index (χ2v) is 5.31. The summed E-state index contributed by atoms with van der Waals surface area (Å²) >= 11 is 0. The molecule has 2 aliphatic carbocycles. The SMILES string of the molecule is CC1C2CC(C1C)C(C)(C(N)=O)C2. The quantitative estimate of drug-likeness (QED) is 0.658. The molecule has 2 rings (SSSR count). The minimum absolute atomic E-state index is 0.0845. The Balaban J connectivity index is 2.27. The van der Waals surface area contributed by atoms with Crippen LogP contribution < -0.4 is 5.73 Å². The third-order valence-electron chi connectivity index (χ3n) is 4.83. The monoisotopic (exact) mass is 181 g/mol. The van der Waals surface area contributed by atoms with E-state index in [2.05, 4.69) is 20.8 Å². The molecular formula is C11H19NO. The van der Waals surface area contributed by atoms with Crippen molar-refractivity contribution in [3.63, 3.8) is 0 Å². The van der Waals surface area contributed by atoms with Gasteiger partial charge in [0.1, 0.15) is 0 Å². The Kier molecular flexibility index (Phi) is 1.73. The van der Waals surface area contributed by atoms with E-state index in [0.717, 1.165) is 18.3 Å². The van der Waals surface area contributed by atoms with Crippen LogP contribution in [-0.2, 0) is 4.79 Å². The Morgan fingerprint density at radius 3 is 2.38 bits per heavy atom. The summed E-state index contributed by atoms with van der Waals surface area (Å²) in [5, 5.41) is 0. The highest BCUT2D eigenvalue weighted by atomic mass is 16.1. The van der Waals surface area contributed by atoms with Crippen molar-refractivity contribution in [1.82, 2.24) is 0 Å². The highest BCUT2D eigenvalue weighted by Gasteiger charge is 2.57. The molecule has 13 heavy (non-hydrogen) atoms. The van der Waals surface area contributed by atoms with Crippen molar-refractivity contribution < 1.29 is 4.79 Å². The first-order valence-electron chi connectivity index (χ1n) is 5.26. The van der Waals surface area contributed by atoms with Gasteiger partial charge in [-0.25, -0.2) is 0 Å². The zero-order valence-electron chi connectivity index (χ0n) is 8.71. The molecule has 2 heteroatoms. The molecule has 0 aromatic carbocycles. The third kappa shape index (κ3) is 0.976. The molecule has 2 nitrogen and oxygen atoms in total. The van der Waals surface area contributed by atoms with Crippen molar-refractivity contribution in [3.8, 4) is 0 Å². The smallest absolute Gasteiger partial charge is 0.223 e. The van der Waals surface area contributed by atoms with Crippen LogP contribution in [-0.4, -0.2) is 5.91 Å². The molecule has 0 saturated heterocycles. The Labute approximate surface area is 79.9 Å². The molecule has 5 unspecified atom stereocenters. The van der Waals surface area contributed by atoms with Crippen LogP contribution in [0, 0.1) is 29.1 Å². The zero-order chi connectivity index (χ0) is 9.80. The zero-order valence-corrected chi connectivity index (χ0v) is 8.71. The first-order valence-corrected chi connectivity index (χ1v) is 5.26. The maximum atomic E-state index is 11.4. The second kappa shape index (κ2) is 2.49. The number of fused-ring (bicyclic) bond motifs is 2. The Morgan fingerprint density at radius 1 is 1.38 bits per heavy atom. The van der Waals surface area contributed by atoms with Crippen LogP contribution in [0.5, 0.6) is 0 Å². The van der Waals surface area contributed by atoms with E-state index in [1.54, 1.807) is 0 Å².